The van der Waals surface area contributed by atoms with Gasteiger partial charge in [-0.05, 0) is 23.8 Å². The topological polar surface area (TPSA) is 82.8 Å². The second-order valence-corrected chi connectivity index (χ2v) is 10.5. The fraction of sp³-hybridized carbons (Fsp3) is 0.267. The number of anilines is 1. The van der Waals surface area contributed by atoms with Gasteiger partial charge in [0, 0.05) is 80.0 Å². The fourth-order valence-corrected chi connectivity index (χ4v) is 5.85. The minimum absolute atomic E-state index is 0.00309. The van der Waals surface area contributed by atoms with Gasteiger partial charge in [-0.2, -0.15) is 0 Å². The normalized spacial score (nSPS) is 15.8. The van der Waals surface area contributed by atoms with Crippen LogP contribution in [-0.2, 0) is 19.5 Å². The lowest BCUT2D eigenvalue weighted by molar-refractivity contribution is -0.384. The summed E-state index contributed by atoms with van der Waals surface area (Å²) in [7, 11) is 0. The highest BCUT2D eigenvalue weighted by atomic mass is 35.5. The van der Waals surface area contributed by atoms with E-state index in [0.717, 1.165) is 47.2 Å². The van der Waals surface area contributed by atoms with Crippen molar-refractivity contribution in [3.63, 3.8) is 0 Å². The summed E-state index contributed by atoms with van der Waals surface area (Å²) in [4.78, 5) is 36.5. The Hall–Kier alpha value is -4.01. The summed E-state index contributed by atoms with van der Waals surface area (Å²) in [6.45, 7) is 4.31. The van der Waals surface area contributed by atoms with Crippen LogP contribution < -0.4 is 4.90 Å². The molecule has 0 atom stereocenters. The highest BCUT2D eigenvalue weighted by Crippen LogP contribution is 2.33. The van der Waals surface area contributed by atoms with E-state index < -0.39 is 4.92 Å². The van der Waals surface area contributed by atoms with Crippen LogP contribution >= 0.6 is 11.6 Å². The number of amides is 1. The molecule has 1 saturated heterocycles. The highest BCUT2D eigenvalue weighted by Gasteiger charge is 2.31. The van der Waals surface area contributed by atoms with Gasteiger partial charge in [0.05, 0.1) is 16.0 Å². The standard InChI is InChI=1S/C30H28ClN5O3/c31-22-10-11-27(28(18-22)36(38)39)34-14-16-35(17-15-34)30(37)29-23-8-4-5-9-25(23)32-26-12-13-33(20-24(26)29)19-21-6-2-1-3-7-21/h1-11,18H,12-17,19-20H2. The molecule has 6 rings (SSSR count). The number of pyridine rings is 1. The molecule has 0 radical (unpaired) electrons. The molecular weight excluding hydrogens is 514 g/mol. The lowest BCUT2D eigenvalue weighted by atomic mass is 9.94. The van der Waals surface area contributed by atoms with Gasteiger partial charge in [0.15, 0.2) is 0 Å². The number of hydrogen-bond donors (Lipinski definition) is 0. The number of hydrogen-bond acceptors (Lipinski definition) is 6. The van der Waals surface area contributed by atoms with E-state index in [9.17, 15) is 14.9 Å². The molecule has 198 valence electrons. The van der Waals surface area contributed by atoms with Crippen LogP contribution in [0.15, 0.2) is 72.8 Å². The van der Waals surface area contributed by atoms with E-state index in [4.69, 9.17) is 16.6 Å². The summed E-state index contributed by atoms with van der Waals surface area (Å²) in [5, 5.41) is 12.8. The minimum atomic E-state index is -0.407. The van der Waals surface area contributed by atoms with Crippen molar-refractivity contribution in [3.05, 3.63) is 110 Å². The Kier molecular flexibility index (Phi) is 6.89. The summed E-state index contributed by atoms with van der Waals surface area (Å²) in [5.74, 6) is -0.00309. The molecule has 1 fully saturated rings. The maximum Gasteiger partial charge on any atom is 0.294 e. The highest BCUT2D eigenvalue weighted by molar-refractivity contribution is 6.30. The fourth-order valence-electron chi connectivity index (χ4n) is 5.69. The Labute approximate surface area is 231 Å². The smallest absolute Gasteiger partial charge is 0.294 e. The number of carbonyl (C=O) groups is 1. The zero-order chi connectivity index (χ0) is 26.9. The van der Waals surface area contributed by atoms with Crippen molar-refractivity contribution < 1.29 is 9.72 Å². The summed E-state index contributed by atoms with van der Waals surface area (Å²) in [6, 6.07) is 23.0. The number of nitro benzene ring substituents is 1. The van der Waals surface area contributed by atoms with Crippen LogP contribution in [0.25, 0.3) is 10.9 Å². The number of nitro groups is 1. The van der Waals surface area contributed by atoms with Crippen molar-refractivity contribution in [2.45, 2.75) is 19.5 Å². The molecule has 0 N–H and O–H groups in total. The van der Waals surface area contributed by atoms with Crippen LogP contribution in [0.5, 0.6) is 0 Å². The average Bonchev–Trinajstić information content (AvgIpc) is 2.96. The Morgan fingerprint density at radius 1 is 0.949 bits per heavy atom. The first kappa shape index (κ1) is 25.3. The third-order valence-corrected chi connectivity index (χ3v) is 7.87. The molecule has 3 aromatic carbocycles. The van der Waals surface area contributed by atoms with Crippen LogP contribution in [0.2, 0.25) is 5.02 Å². The van der Waals surface area contributed by atoms with Crippen LogP contribution in [0.3, 0.4) is 0 Å². The molecule has 39 heavy (non-hydrogen) atoms. The van der Waals surface area contributed by atoms with E-state index in [1.54, 1.807) is 12.1 Å². The Morgan fingerprint density at radius 3 is 2.46 bits per heavy atom. The predicted octanol–water partition coefficient (Wildman–Crippen LogP) is 5.32. The number of carbonyl (C=O) groups excluding carboxylic acids is 1. The average molecular weight is 542 g/mol. The molecule has 0 aliphatic carbocycles. The lowest BCUT2D eigenvalue weighted by Crippen LogP contribution is -2.49. The van der Waals surface area contributed by atoms with Gasteiger partial charge in [-0.15, -0.1) is 0 Å². The molecule has 9 heteroatoms. The molecule has 2 aliphatic rings. The molecule has 2 aliphatic heterocycles. The first-order valence-corrected chi connectivity index (χ1v) is 13.5. The predicted molar refractivity (Wildman–Crippen MR) is 152 cm³/mol. The van der Waals surface area contributed by atoms with Crippen LogP contribution in [0.4, 0.5) is 11.4 Å². The molecule has 0 bridgehead atoms. The molecule has 0 spiro atoms. The van der Waals surface area contributed by atoms with Crippen molar-refractivity contribution in [1.82, 2.24) is 14.8 Å². The van der Waals surface area contributed by atoms with Crippen molar-refractivity contribution in [2.24, 2.45) is 0 Å². The zero-order valence-corrected chi connectivity index (χ0v) is 22.2. The first-order chi connectivity index (χ1) is 19.0. The number of fused-ring (bicyclic) bond motifs is 2. The maximum absolute atomic E-state index is 14.1. The largest absolute Gasteiger partial charge is 0.362 e. The summed E-state index contributed by atoms with van der Waals surface area (Å²) < 4.78 is 0. The van der Waals surface area contributed by atoms with E-state index in [1.165, 1.54) is 11.6 Å². The molecule has 4 aromatic rings. The van der Waals surface area contributed by atoms with E-state index in [2.05, 4.69) is 29.2 Å². The summed E-state index contributed by atoms with van der Waals surface area (Å²) in [6.07, 6.45) is 0.793. The molecule has 0 saturated carbocycles. The Morgan fingerprint density at radius 2 is 1.69 bits per heavy atom. The molecule has 0 unspecified atom stereocenters. The van der Waals surface area contributed by atoms with Gasteiger partial charge in [-0.3, -0.25) is 24.8 Å². The van der Waals surface area contributed by atoms with Gasteiger partial charge in [-0.1, -0.05) is 60.1 Å². The number of para-hydroxylation sites is 1. The first-order valence-electron chi connectivity index (χ1n) is 13.1. The third kappa shape index (κ3) is 5.05. The summed E-state index contributed by atoms with van der Waals surface area (Å²) in [5.41, 5.74) is 5.34. The summed E-state index contributed by atoms with van der Waals surface area (Å²) >= 11 is 6.01. The van der Waals surface area contributed by atoms with Crippen LogP contribution in [0.1, 0.15) is 27.2 Å². The molecule has 1 amide bonds. The van der Waals surface area contributed by atoms with E-state index in [1.807, 2.05) is 40.1 Å². The van der Waals surface area contributed by atoms with Gasteiger partial charge in [0.2, 0.25) is 0 Å². The van der Waals surface area contributed by atoms with Crippen LogP contribution in [0, 0.1) is 10.1 Å². The van der Waals surface area contributed by atoms with Gasteiger partial charge >= 0.3 is 0 Å². The van der Waals surface area contributed by atoms with E-state index >= 15 is 0 Å². The second kappa shape index (κ2) is 10.6. The lowest BCUT2D eigenvalue weighted by Gasteiger charge is -2.37. The minimum Gasteiger partial charge on any atom is -0.362 e. The van der Waals surface area contributed by atoms with Crippen LogP contribution in [-0.4, -0.2) is 58.3 Å². The number of rotatable bonds is 5. The molecule has 8 nitrogen and oxygen atoms in total. The van der Waals surface area contributed by atoms with Crippen molar-refractivity contribution in [3.8, 4) is 0 Å². The van der Waals surface area contributed by atoms with Crippen molar-refractivity contribution in [2.75, 3.05) is 37.6 Å². The van der Waals surface area contributed by atoms with E-state index in [0.29, 0.717) is 43.4 Å². The monoisotopic (exact) mass is 541 g/mol. The third-order valence-electron chi connectivity index (χ3n) is 7.63. The van der Waals surface area contributed by atoms with Gasteiger partial charge < -0.3 is 9.80 Å². The Balaban J connectivity index is 1.28. The SMILES string of the molecule is O=C(c1c2c(nc3ccccc13)CCN(Cc1ccccc1)C2)N1CCN(c2ccc(Cl)cc2[N+](=O)[O-])CC1. The maximum atomic E-state index is 14.1. The quantitative estimate of drug-likeness (QED) is 0.251. The van der Waals surface area contributed by atoms with Crippen molar-refractivity contribution in [1.29, 1.82) is 0 Å². The second-order valence-electron chi connectivity index (χ2n) is 10.0. The zero-order valence-electron chi connectivity index (χ0n) is 21.4. The molecular formula is C30H28ClN5O3. The van der Waals surface area contributed by atoms with Crippen molar-refractivity contribution >= 4 is 39.8 Å². The number of halogens is 1. The Bertz CT molecular complexity index is 1550. The molecule has 3 heterocycles. The number of aromatic nitrogens is 1. The number of piperazine rings is 1. The molecule has 1 aromatic heterocycles. The van der Waals surface area contributed by atoms with Gasteiger partial charge in [-0.25, -0.2) is 0 Å². The number of nitrogens with zero attached hydrogens (tertiary/aromatic N) is 5. The van der Waals surface area contributed by atoms with E-state index in [-0.39, 0.29) is 11.6 Å². The van der Waals surface area contributed by atoms with Gasteiger partial charge in [0.1, 0.15) is 5.69 Å². The van der Waals surface area contributed by atoms with Gasteiger partial charge in [0.25, 0.3) is 11.6 Å². The number of benzene rings is 3.